The number of aryl methyl sites for hydroxylation is 1. The molecule has 3 nitrogen and oxygen atoms in total. The molecule has 0 spiro atoms. The topological polar surface area (TPSA) is 29.9 Å². The average molecular weight is 294 g/mol. The highest BCUT2D eigenvalue weighted by Crippen LogP contribution is 2.21. The summed E-state index contributed by atoms with van der Waals surface area (Å²) in [6.45, 7) is 5.12. The van der Waals surface area contributed by atoms with Crippen LogP contribution in [0.3, 0.4) is 0 Å². The van der Waals surface area contributed by atoms with Crippen molar-refractivity contribution >= 4 is 21.6 Å². The Hall–Kier alpha value is -1.29. The number of hydrogen-bond donors (Lipinski definition) is 1. The summed E-state index contributed by atoms with van der Waals surface area (Å²) in [6, 6.07) is 8.59. The molecular weight excluding hydrogens is 278 g/mol. The molecule has 1 unspecified atom stereocenters. The van der Waals surface area contributed by atoms with E-state index in [0.29, 0.717) is 0 Å². The Morgan fingerprint density at radius 2 is 2.29 bits per heavy atom. The highest BCUT2D eigenvalue weighted by molar-refractivity contribution is 9.10. The first-order chi connectivity index (χ1) is 8.19. The lowest BCUT2D eigenvalue weighted by atomic mass is 10.1. The molecule has 0 aliphatic rings. The van der Waals surface area contributed by atoms with Gasteiger partial charge in [0.2, 0.25) is 0 Å². The van der Waals surface area contributed by atoms with Crippen LogP contribution in [-0.2, 0) is 6.54 Å². The largest absolute Gasteiger partial charge is 0.376 e. The smallest absolute Gasteiger partial charge is 0.0731 e. The lowest BCUT2D eigenvalue weighted by molar-refractivity contribution is 0.660. The normalized spacial score (nSPS) is 12.4. The van der Waals surface area contributed by atoms with Crippen LogP contribution in [0.1, 0.15) is 25.5 Å². The van der Waals surface area contributed by atoms with Crippen molar-refractivity contribution in [1.29, 1.82) is 0 Å². The van der Waals surface area contributed by atoms with Crippen molar-refractivity contribution in [1.82, 2.24) is 9.78 Å². The number of halogens is 1. The zero-order valence-corrected chi connectivity index (χ0v) is 11.6. The van der Waals surface area contributed by atoms with Gasteiger partial charge in [-0.05, 0) is 31.5 Å². The van der Waals surface area contributed by atoms with Gasteiger partial charge >= 0.3 is 0 Å². The molecule has 0 radical (unpaired) electrons. The maximum Gasteiger partial charge on any atom is 0.0731 e. The zero-order chi connectivity index (χ0) is 12.3. The second kappa shape index (κ2) is 5.36. The highest BCUT2D eigenvalue weighted by Gasteiger charge is 2.06. The molecule has 0 aliphatic heterocycles. The van der Waals surface area contributed by atoms with Gasteiger partial charge in [0.25, 0.3) is 0 Å². The molecule has 4 heteroatoms. The Morgan fingerprint density at radius 1 is 1.47 bits per heavy atom. The molecule has 1 N–H and O–H groups in total. The van der Waals surface area contributed by atoms with Crippen molar-refractivity contribution in [2.75, 3.05) is 5.32 Å². The second-order valence-electron chi connectivity index (χ2n) is 4.01. The molecule has 1 heterocycles. The second-order valence-corrected chi connectivity index (χ2v) is 4.92. The van der Waals surface area contributed by atoms with E-state index in [0.717, 1.165) is 16.7 Å². The third kappa shape index (κ3) is 3.09. The van der Waals surface area contributed by atoms with Crippen LogP contribution in [0.4, 0.5) is 5.69 Å². The van der Waals surface area contributed by atoms with Crippen molar-refractivity contribution in [3.63, 3.8) is 0 Å². The van der Waals surface area contributed by atoms with E-state index < -0.39 is 0 Å². The number of benzene rings is 1. The summed E-state index contributed by atoms with van der Waals surface area (Å²) < 4.78 is 3.02. The van der Waals surface area contributed by atoms with E-state index >= 15 is 0 Å². The van der Waals surface area contributed by atoms with Crippen LogP contribution in [0.5, 0.6) is 0 Å². The van der Waals surface area contributed by atoms with Crippen LogP contribution < -0.4 is 5.32 Å². The minimum atomic E-state index is 0.266. The minimum Gasteiger partial charge on any atom is -0.376 e. The van der Waals surface area contributed by atoms with Crippen LogP contribution in [0, 0.1) is 0 Å². The fourth-order valence-corrected chi connectivity index (χ4v) is 2.14. The van der Waals surface area contributed by atoms with Gasteiger partial charge in [-0.1, -0.05) is 28.1 Å². The lowest BCUT2D eigenvalue weighted by Crippen LogP contribution is -2.05. The van der Waals surface area contributed by atoms with E-state index in [4.69, 9.17) is 0 Å². The van der Waals surface area contributed by atoms with Crippen molar-refractivity contribution < 1.29 is 0 Å². The van der Waals surface area contributed by atoms with Gasteiger partial charge in [0.05, 0.1) is 11.9 Å². The molecule has 1 aromatic heterocycles. The third-order valence-electron chi connectivity index (χ3n) is 2.69. The molecule has 0 saturated heterocycles. The Morgan fingerprint density at radius 3 is 2.94 bits per heavy atom. The van der Waals surface area contributed by atoms with Gasteiger partial charge < -0.3 is 5.32 Å². The molecule has 90 valence electrons. The molecule has 1 aromatic carbocycles. The van der Waals surface area contributed by atoms with E-state index in [-0.39, 0.29) is 6.04 Å². The summed E-state index contributed by atoms with van der Waals surface area (Å²) >= 11 is 3.49. The van der Waals surface area contributed by atoms with E-state index in [2.05, 4.69) is 52.3 Å². The molecular formula is C13H16BrN3. The fraction of sp³-hybridized carbons (Fsp3) is 0.308. The maximum atomic E-state index is 4.24. The van der Waals surface area contributed by atoms with Gasteiger partial charge in [-0.2, -0.15) is 5.10 Å². The van der Waals surface area contributed by atoms with Crippen LogP contribution >= 0.6 is 15.9 Å². The molecule has 17 heavy (non-hydrogen) atoms. The molecule has 2 aromatic rings. The molecule has 2 rings (SSSR count). The standard InChI is InChI=1S/C13H16BrN3/c1-3-17-9-13(8-15-17)16-10(2)11-5-4-6-12(14)7-11/h4-10,16H,3H2,1-2H3. The van der Waals surface area contributed by atoms with Crippen LogP contribution in [0.25, 0.3) is 0 Å². The van der Waals surface area contributed by atoms with Crippen LogP contribution in [0.2, 0.25) is 0 Å². The van der Waals surface area contributed by atoms with Crippen molar-refractivity contribution in [3.05, 3.63) is 46.7 Å². The minimum absolute atomic E-state index is 0.266. The molecule has 0 saturated carbocycles. The number of aromatic nitrogens is 2. The average Bonchev–Trinajstić information content (AvgIpc) is 2.77. The van der Waals surface area contributed by atoms with E-state index in [1.165, 1.54) is 5.56 Å². The van der Waals surface area contributed by atoms with E-state index in [9.17, 15) is 0 Å². The zero-order valence-electron chi connectivity index (χ0n) is 10.0. The molecule has 1 atom stereocenters. The van der Waals surface area contributed by atoms with Crippen molar-refractivity contribution in [2.24, 2.45) is 0 Å². The van der Waals surface area contributed by atoms with Crippen molar-refractivity contribution in [2.45, 2.75) is 26.4 Å². The monoisotopic (exact) mass is 293 g/mol. The summed E-state index contributed by atoms with van der Waals surface area (Å²) in [5.74, 6) is 0. The van der Waals surface area contributed by atoms with Gasteiger partial charge in [-0.3, -0.25) is 4.68 Å². The number of nitrogens with zero attached hydrogens (tertiary/aromatic N) is 2. The molecule has 0 fully saturated rings. The van der Waals surface area contributed by atoms with Crippen LogP contribution in [-0.4, -0.2) is 9.78 Å². The van der Waals surface area contributed by atoms with Gasteiger partial charge in [0.1, 0.15) is 0 Å². The van der Waals surface area contributed by atoms with Gasteiger partial charge in [0.15, 0.2) is 0 Å². The summed E-state index contributed by atoms with van der Waals surface area (Å²) in [5, 5.41) is 7.68. The summed E-state index contributed by atoms with van der Waals surface area (Å²) in [6.07, 6.45) is 3.88. The highest BCUT2D eigenvalue weighted by atomic mass is 79.9. The van der Waals surface area contributed by atoms with Gasteiger partial charge in [0, 0.05) is 23.3 Å². The third-order valence-corrected chi connectivity index (χ3v) is 3.18. The molecule has 0 bridgehead atoms. The van der Waals surface area contributed by atoms with Crippen molar-refractivity contribution in [3.8, 4) is 0 Å². The van der Waals surface area contributed by atoms with E-state index in [1.807, 2.05) is 29.2 Å². The summed E-state index contributed by atoms with van der Waals surface area (Å²) in [5.41, 5.74) is 2.31. The number of hydrogen-bond acceptors (Lipinski definition) is 2. The Balaban J connectivity index is 2.08. The molecule has 0 amide bonds. The number of rotatable bonds is 4. The Bertz CT molecular complexity index is 493. The first-order valence-corrected chi connectivity index (χ1v) is 6.53. The number of nitrogens with one attached hydrogen (secondary N) is 1. The van der Waals surface area contributed by atoms with E-state index in [1.54, 1.807) is 0 Å². The van der Waals surface area contributed by atoms with Crippen LogP contribution in [0.15, 0.2) is 41.1 Å². The quantitative estimate of drug-likeness (QED) is 0.928. The van der Waals surface area contributed by atoms with Gasteiger partial charge in [-0.15, -0.1) is 0 Å². The predicted octanol–water partition coefficient (Wildman–Crippen LogP) is 3.84. The first-order valence-electron chi connectivity index (χ1n) is 5.73. The molecule has 0 aliphatic carbocycles. The number of anilines is 1. The fourth-order valence-electron chi connectivity index (χ4n) is 1.72. The first kappa shape index (κ1) is 12.2. The summed E-state index contributed by atoms with van der Waals surface area (Å²) in [7, 11) is 0. The lowest BCUT2D eigenvalue weighted by Gasteiger charge is -2.14. The summed E-state index contributed by atoms with van der Waals surface area (Å²) in [4.78, 5) is 0. The predicted molar refractivity (Wildman–Crippen MR) is 74.1 cm³/mol. The Labute approximate surface area is 110 Å². The maximum absolute atomic E-state index is 4.24. The van der Waals surface area contributed by atoms with Gasteiger partial charge in [-0.25, -0.2) is 0 Å². The Kier molecular flexibility index (Phi) is 3.84. The SMILES string of the molecule is CCn1cc(NC(C)c2cccc(Br)c2)cn1.